The van der Waals surface area contributed by atoms with Gasteiger partial charge in [0, 0.05) is 5.54 Å². The highest BCUT2D eigenvalue weighted by atomic mass is 35.5. The summed E-state index contributed by atoms with van der Waals surface area (Å²) in [6, 6.07) is 5.74. The minimum Gasteiger partial charge on any atom is -0.495 e. The molecule has 0 aliphatic carbocycles. The molecule has 0 bridgehead atoms. The van der Waals surface area contributed by atoms with Crippen LogP contribution in [0.2, 0.25) is 5.02 Å². The van der Waals surface area contributed by atoms with Crippen molar-refractivity contribution in [2.45, 2.75) is 25.8 Å². The van der Waals surface area contributed by atoms with Crippen molar-refractivity contribution in [3.8, 4) is 5.75 Å². The molecule has 0 saturated carbocycles. The first kappa shape index (κ1) is 11.3. The molecule has 0 aliphatic rings. The van der Waals surface area contributed by atoms with Crippen LogP contribution in [-0.4, -0.2) is 12.6 Å². The smallest absolute Gasteiger partial charge is 0.137 e. The van der Waals surface area contributed by atoms with Gasteiger partial charge in [-0.1, -0.05) is 23.7 Å². The highest BCUT2D eigenvalue weighted by Gasteiger charge is 2.15. The van der Waals surface area contributed by atoms with E-state index in [0.717, 1.165) is 12.0 Å². The van der Waals surface area contributed by atoms with Gasteiger partial charge in [0.15, 0.2) is 0 Å². The number of rotatable bonds is 3. The maximum Gasteiger partial charge on any atom is 0.137 e. The van der Waals surface area contributed by atoms with Crippen LogP contribution in [0.4, 0.5) is 0 Å². The van der Waals surface area contributed by atoms with Gasteiger partial charge in [-0.2, -0.15) is 0 Å². The van der Waals surface area contributed by atoms with E-state index in [0.29, 0.717) is 10.8 Å². The molecule has 0 fully saturated rings. The molecule has 14 heavy (non-hydrogen) atoms. The van der Waals surface area contributed by atoms with E-state index in [1.54, 1.807) is 7.11 Å². The largest absolute Gasteiger partial charge is 0.495 e. The third kappa shape index (κ3) is 2.89. The summed E-state index contributed by atoms with van der Waals surface area (Å²) in [5, 5.41) is 0.661. The Balaban J connectivity index is 2.98. The maximum absolute atomic E-state index is 6.13. The van der Waals surface area contributed by atoms with Gasteiger partial charge in [-0.3, -0.25) is 0 Å². The van der Waals surface area contributed by atoms with Crippen LogP contribution in [0.5, 0.6) is 5.75 Å². The standard InChI is InChI=1S/C11H16ClNO/c1-11(2,13)7-8-5-4-6-9(14-3)10(8)12/h4-6H,7,13H2,1-3H3. The molecule has 1 aromatic rings. The van der Waals surface area contributed by atoms with Gasteiger partial charge in [0.05, 0.1) is 12.1 Å². The number of hydrogen-bond acceptors (Lipinski definition) is 2. The molecule has 1 rings (SSSR count). The maximum atomic E-state index is 6.13. The third-order valence-corrected chi connectivity index (χ3v) is 2.34. The molecule has 0 aromatic heterocycles. The number of ether oxygens (including phenoxy) is 1. The molecule has 0 heterocycles. The quantitative estimate of drug-likeness (QED) is 0.838. The van der Waals surface area contributed by atoms with Crippen molar-refractivity contribution in [2.75, 3.05) is 7.11 Å². The summed E-state index contributed by atoms with van der Waals surface area (Å²) in [4.78, 5) is 0. The predicted molar refractivity (Wildman–Crippen MR) is 60.0 cm³/mol. The van der Waals surface area contributed by atoms with Crippen LogP contribution < -0.4 is 10.5 Å². The molecule has 2 nitrogen and oxygen atoms in total. The lowest BCUT2D eigenvalue weighted by Crippen LogP contribution is -2.34. The zero-order valence-electron chi connectivity index (χ0n) is 8.80. The zero-order valence-corrected chi connectivity index (χ0v) is 9.56. The van der Waals surface area contributed by atoms with Gasteiger partial charge < -0.3 is 10.5 Å². The fraction of sp³-hybridized carbons (Fsp3) is 0.455. The topological polar surface area (TPSA) is 35.2 Å². The minimum atomic E-state index is -0.254. The van der Waals surface area contributed by atoms with Crippen molar-refractivity contribution < 1.29 is 4.74 Å². The Kier molecular flexibility index (Phi) is 3.40. The van der Waals surface area contributed by atoms with E-state index < -0.39 is 0 Å². The van der Waals surface area contributed by atoms with E-state index >= 15 is 0 Å². The van der Waals surface area contributed by atoms with E-state index in [2.05, 4.69) is 0 Å². The summed E-state index contributed by atoms with van der Waals surface area (Å²) in [6.45, 7) is 3.95. The molecule has 0 amide bonds. The molecule has 0 radical (unpaired) electrons. The lowest BCUT2D eigenvalue weighted by molar-refractivity contribution is 0.413. The SMILES string of the molecule is COc1cccc(CC(C)(C)N)c1Cl. The number of hydrogen-bond donors (Lipinski definition) is 1. The Morgan fingerprint density at radius 1 is 1.43 bits per heavy atom. The van der Waals surface area contributed by atoms with Gasteiger partial charge in [0.25, 0.3) is 0 Å². The molecular formula is C11H16ClNO. The average molecular weight is 214 g/mol. The lowest BCUT2D eigenvalue weighted by atomic mass is 9.96. The predicted octanol–water partition coefficient (Wildman–Crippen LogP) is 2.63. The molecule has 2 N–H and O–H groups in total. The van der Waals surface area contributed by atoms with E-state index in [1.165, 1.54) is 0 Å². The number of methoxy groups -OCH3 is 1. The highest BCUT2D eigenvalue weighted by molar-refractivity contribution is 6.32. The summed E-state index contributed by atoms with van der Waals surface area (Å²) < 4.78 is 5.13. The molecular weight excluding hydrogens is 198 g/mol. The van der Waals surface area contributed by atoms with Crippen molar-refractivity contribution in [2.24, 2.45) is 5.73 Å². The van der Waals surface area contributed by atoms with E-state index in [4.69, 9.17) is 22.1 Å². The van der Waals surface area contributed by atoms with Gasteiger partial charge in [-0.15, -0.1) is 0 Å². The van der Waals surface area contributed by atoms with E-state index in [9.17, 15) is 0 Å². The number of benzene rings is 1. The first-order valence-electron chi connectivity index (χ1n) is 4.54. The second kappa shape index (κ2) is 4.20. The van der Waals surface area contributed by atoms with Crippen LogP contribution in [0.1, 0.15) is 19.4 Å². The summed E-state index contributed by atoms with van der Waals surface area (Å²) in [5.41, 5.74) is 6.70. The Bertz CT molecular complexity index is 318. The van der Waals surface area contributed by atoms with E-state index in [1.807, 2.05) is 32.0 Å². The van der Waals surface area contributed by atoms with Crippen molar-refractivity contribution in [1.82, 2.24) is 0 Å². The Labute approximate surface area is 90.0 Å². The van der Waals surface area contributed by atoms with Crippen molar-refractivity contribution >= 4 is 11.6 Å². The lowest BCUT2D eigenvalue weighted by Gasteiger charge is -2.19. The normalized spacial score (nSPS) is 11.5. The van der Waals surface area contributed by atoms with E-state index in [-0.39, 0.29) is 5.54 Å². The molecule has 3 heteroatoms. The third-order valence-electron chi connectivity index (χ3n) is 1.91. The van der Waals surface area contributed by atoms with Crippen LogP contribution in [-0.2, 0) is 6.42 Å². The van der Waals surface area contributed by atoms with Crippen LogP contribution >= 0.6 is 11.6 Å². The molecule has 1 aromatic carbocycles. The van der Waals surface area contributed by atoms with Crippen molar-refractivity contribution in [3.63, 3.8) is 0 Å². The van der Waals surface area contributed by atoms with Gasteiger partial charge in [-0.05, 0) is 31.9 Å². The Morgan fingerprint density at radius 3 is 2.57 bits per heavy atom. The molecule has 78 valence electrons. The summed E-state index contributed by atoms with van der Waals surface area (Å²) in [7, 11) is 1.61. The molecule has 0 atom stereocenters. The highest BCUT2D eigenvalue weighted by Crippen LogP contribution is 2.29. The van der Waals surface area contributed by atoms with Gasteiger partial charge in [0.1, 0.15) is 5.75 Å². The van der Waals surface area contributed by atoms with Gasteiger partial charge >= 0.3 is 0 Å². The second-order valence-corrected chi connectivity index (χ2v) is 4.48. The average Bonchev–Trinajstić information content (AvgIpc) is 2.06. The number of nitrogens with two attached hydrogens (primary N) is 1. The van der Waals surface area contributed by atoms with Crippen molar-refractivity contribution in [3.05, 3.63) is 28.8 Å². The zero-order chi connectivity index (χ0) is 10.8. The molecule has 0 unspecified atom stereocenters. The molecule has 0 spiro atoms. The van der Waals surface area contributed by atoms with Gasteiger partial charge in [0.2, 0.25) is 0 Å². The van der Waals surface area contributed by atoms with Crippen LogP contribution in [0.25, 0.3) is 0 Å². The summed E-state index contributed by atoms with van der Waals surface area (Å²) in [6.07, 6.45) is 0.739. The molecule has 0 aliphatic heterocycles. The first-order valence-corrected chi connectivity index (χ1v) is 4.92. The van der Waals surface area contributed by atoms with Crippen LogP contribution in [0.3, 0.4) is 0 Å². The number of halogens is 1. The molecule has 0 saturated heterocycles. The minimum absolute atomic E-state index is 0.254. The fourth-order valence-corrected chi connectivity index (χ4v) is 1.61. The Morgan fingerprint density at radius 2 is 2.07 bits per heavy atom. The van der Waals surface area contributed by atoms with Gasteiger partial charge in [-0.25, -0.2) is 0 Å². The van der Waals surface area contributed by atoms with Crippen LogP contribution in [0.15, 0.2) is 18.2 Å². The van der Waals surface area contributed by atoms with Crippen LogP contribution in [0, 0.1) is 0 Å². The first-order chi connectivity index (χ1) is 6.44. The summed E-state index contributed by atoms with van der Waals surface area (Å²) in [5.74, 6) is 0.702. The van der Waals surface area contributed by atoms with Crippen molar-refractivity contribution in [1.29, 1.82) is 0 Å². The Hall–Kier alpha value is -0.730. The fourth-order valence-electron chi connectivity index (χ4n) is 1.34. The summed E-state index contributed by atoms with van der Waals surface area (Å²) >= 11 is 6.13. The monoisotopic (exact) mass is 213 g/mol. The second-order valence-electron chi connectivity index (χ2n) is 4.10.